The van der Waals surface area contributed by atoms with Gasteiger partial charge in [0.2, 0.25) is 5.91 Å². The zero-order valence-electron chi connectivity index (χ0n) is 17.1. The van der Waals surface area contributed by atoms with Gasteiger partial charge < -0.3 is 15.3 Å². The Balaban J connectivity index is 1.80. The van der Waals surface area contributed by atoms with Crippen LogP contribution >= 0.6 is 0 Å². The molecule has 0 bridgehead atoms. The summed E-state index contributed by atoms with van der Waals surface area (Å²) >= 11 is 0. The fourth-order valence-electron chi connectivity index (χ4n) is 6.36. The van der Waals surface area contributed by atoms with E-state index in [1.165, 1.54) is 24.8 Å². The molecule has 0 aliphatic heterocycles. The minimum absolute atomic E-state index is 0.190. The molecule has 1 aromatic rings. The van der Waals surface area contributed by atoms with Crippen molar-refractivity contribution in [2.75, 3.05) is 20.6 Å². The molecule has 3 aliphatic rings. The molecule has 0 saturated heterocycles. The summed E-state index contributed by atoms with van der Waals surface area (Å²) in [4.78, 5) is 11.8. The molecule has 0 radical (unpaired) electrons. The van der Waals surface area contributed by atoms with Gasteiger partial charge in [0.25, 0.3) is 0 Å². The summed E-state index contributed by atoms with van der Waals surface area (Å²) in [6.07, 6.45) is 8.93. The molecule has 0 aromatic heterocycles. The summed E-state index contributed by atoms with van der Waals surface area (Å²) in [5, 5.41) is 12.2. The smallest absolute Gasteiger partial charge is 0.248 e. The van der Waals surface area contributed by atoms with E-state index in [4.69, 9.17) is 5.73 Å². The standard InChI is InChI=1S/C23H34N2O2/c1-22-11-4-5-12-23(22,27)20(25(2,3)15-16-7-6-8-16)14-17-9-10-18(21(24)26)13-19(17)22/h9-10,13,16,20,27H,4-8,11-12,14-15H2,1-3H3,(H-,24,26)/p+1/t20-,22?,23-/m1/s1. The number of fused-ring (bicyclic) bond motifs is 3. The molecule has 4 rings (SSSR count). The van der Waals surface area contributed by atoms with Gasteiger partial charge in [-0.3, -0.25) is 4.79 Å². The number of hydrogen-bond acceptors (Lipinski definition) is 2. The summed E-state index contributed by atoms with van der Waals surface area (Å²) in [5.74, 6) is 0.418. The molecule has 148 valence electrons. The van der Waals surface area contributed by atoms with Gasteiger partial charge in [-0.05, 0) is 48.9 Å². The third-order valence-electron chi connectivity index (χ3n) is 8.19. The minimum atomic E-state index is -0.734. The largest absolute Gasteiger partial charge is 0.383 e. The highest BCUT2D eigenvalue weighted by molar-refractivity contribution is 5.93. The molecule has 3 N–H and O–H groups in total. The van der Waals surface area contributed by atoms with Gasteiger partial charge in [-0.2, -0.15) is 0 Å². The lowest BCUT2D eigenvalue weighted by molar-refractivity contribution is -0.927. The molecule has 1 unspecified atom stereocenters. The molecule has 2 saturated carbocycles. The second-order valence-electron chi connectivity index (χ2n) is 10.2. The highest BCUT2D eigenvalue weighted by Crippen LogP contribution is 2.54. The number of likely N-dealkylation sites (N-methyl/N-ethyl adjacent to an activating group) is 1. The summed E-state index contributed by atoms with van der Waals surface area (Å²) in [6, 6.07) is 6.11. The van der Waals surface area contributed by atoms with E-state index in [1.54, 1.807) is 0 Å². The molecule has 27 heavy (non-hydrogen) atoms. The second kappa shape index (κ2) is 6.31. The predicted octanol–water partition coefficient (Wildman–Crippen LogP) is 3.15. The summed E-state index contributed by atoms with van der Waals surface area (Å²) in [7, 11) is 4.64. The lowest BCUT2D eigenvalue weighted by Gasteiger charge is -2.60. The summed E-state index contributed by atoms with van der Waals surface area (Å²) in [5.41, 5.74) is 7.51. The van der Waals surface area contributed by atoms with E-state index in [-0.39, 0.29) is 17.4 Å². The van der Waals surface area contributed by atoms with Gasteiger partial charge in [0, 0.05) is 23.3 Å². The first-order valence-electron chi connectivity index (χ1n) is 10.7. The number of rotatable bonds is 4. The van der Waals surface area contributed by atoms with E-state index in [1.807, 2.05) is 12.1 Å². The first-order valence-corrected chi connectivity index (χ1v) is 10.7. The highest BCUT2D eigenvalue weighted by atomic mass is 16.3. The number of nitrogens with zero attached hydrogens (tertiary/aromatic N) is 1. The number of nitrogens with two attached hydrogens (primary N) is 1. The molecule has 1 aromatic carbocycles. The van der Waals surface area contributed by atoms with Gasteiger partial charge in [0.15, 0.2) is 0 Å². The second-order valence-corrected chi connectivity index (χ2v) is 10.2. The van der Waals surface area contributed by atoms with Crippen LogP contribution in [0.4, 0.5) is 0 Å². The van der Waals surface area contributed by atoms with Crippen molar-refractivity contribution in [3.8, 4) is 0 Å². The number of aliphatic hydroxyl groups is 1. The van der Waals surface area contributed by atoms with Crippen molar-refractivity contribution in [1.29, 1.82) is 0 Å². The average molecular weight is 372 g/mol. The Morgan fingerprint density at radius 1 is 1.22 bits per heavy atom. The number of hydrogen-bond donors (Lipinski definition) is 2. The number of carbonyl (C=O) groups excluding carboxylic acids is 1. The Bertz CT molecular complexity index is 755. The van der Waals surface area contributed by atoms with Crippen LogP contribution < -0.4 is 5.73 Å². The fourth-order valence-corrected chi connectivity index (χ4v) is 6.36. The normalized spacial score (nSPS) is 33.7. The first-order chi connectivity index (χ1) is 12.7. The number of amides is 1. The van der Waals surface area contributed by atoms with Gasteiger partial charge >= 0.3 is 0 Å². The minimum Gasteiger partial charge on any atom is -0.383 e. The van der Waals surface area contributed by atoms with Crippen LogP contribution in [0.2, 0.25) is 0 Å². The number of benzene rings is 1. The van der Waals surface area contributed by atoms with Crippen LogP contribution in [-0.2, 0) is 11.8 Å². The maximum absolute atomic E-state index is 12.2. The van der Waals surface area contributed by atoms with Crippen molar-refractivity contribution in [3.63, 3.8) is 0 Å². The Morgan fingerprint density at radius 3 is 2.56 bits per heavy atom. The third-order valence-corrected chi connectivity index (χ3v) is 8.19. The van der Waals surface area contributed by atoms with Crippen LogP contribution in [-0.4, -0.2) is 47.8 Å². The van der Waals surface area contributed by atoms with E-state index in [0.29, 0.717) is 5.56 Å². The lowest BCUT2D eigenvalue weighted by Crippen LogP contribution is -2.72. The Hall–Kier alpha value is -1.39. The molecule has 4 heteroatoms. The maximum atomic E-state index is 12.2. The van der Waals surface area contributed by atoms with Crippen LogP contribution in [0.15, 0.2) is 18.2 Å². The van der Waals surface area contributed by atoms with Crippen LogP contribution in [0.1, 0.15) is 73.4 Å². The number of quaternary nitrogens is 1. The van der Waals surface area contributed by atoms with Crippen LogP contribution in [0.3, 0.4) is 0 Å². The van der Waals surface area contributed by atoms with Gasteiger partial charge in [-0.15, -0.1) is 0 Å². The summed E-state index contributed by atoms with van der Waals surface area (Å²) in [6.45, 7) is 3.38. The van der Waals surface area contributed by atoms with E-state index < -0.39 is 5.60 Å². The molecular weight excluding hydrogens is 336 g/mol. The van der Waals surface area contributed by atoms with Gasteiger partial charge in [-0.25, -0.2) is 0 Å². The van der Waals surface area contributed by atoms with Gasteiger partial charge in [-0.1, -0.05) is 32.3 Å². The van der Waals surface area contributed by atoms with E-state index >= 15 is 0 Å². The molecule has 4 nitrogen and oxygen atoms in total. The molecule has 1 amide bonds. The van der Waals surface area contributed by atoms with Gasteiger partial charge in [0.05, 0.1) is 20.6 Å². The topological polar surface area (TPSA) is 63.3 Å². The summed E-state index contributed by atoms with van der Waals surface area (Å²) < 4.78 is 0.883. The zero-order valence-corrected chi connectivity index (χ0v) is 17.1. The van der Waals surface area contributed by atoms with Crippen molar-refractivity contribution >= 4 is 5.91 Å². The Labute approximate surface area is 163 Å². The van der Waals surface area contributed by atoms with Crippen molar-refractivity contribution in [1.82, 2.24) is 0 Å². The predicted molar refractivity (Wildman–Crippen MR) is 108 cm³/mol. The third kappa shape index (κ3) is 2.84. The van der Waals surface area contributed by atoms with Crippen LogP contribution in [0.5, 0.6) is 0 Å². The Morgan fingerprint density at radius 2 is 1.93 bits per heavy atom. The number of carbonyl (C=O) groups is 1. The zero-order chi connectivity index (χ0) is 19.4. The molecule has 0 spiro atoms. The average Bonchev–Trinajstić information content (AvgIpc) is 2.58. The van der Waals surface area contributed by atoms with Crippen molar-refractivity contribution in [2.24, 2.45) is 11.7 Å². The fraction of sp³-hybridized carbons (Fsp3) is 0.696. The monoisotopic (exact) mass is 371 g/mol. The van der Waals surface area contributed by atoms with Crippen molar-refractivity contribution in [3.05, 3.63) is 34.9 Å². The molecule has 3 aliphatic carbocycles. The molecule has 3 atom stereocenters. The Kier molecular flexibility index (Phi) is 4.43. The molecule has 2 fully saturated rings. The van der Waals surface area contributed by atoms with Gasteiger partial charge in [0.1, 0.15) is 11.6 Å². The highest BCUT2D eigenvalue weighted by Gasteiger charge is 2.62. The quantitative estimate of drug-likeness (QED) is 0.799. The van der Waals surface area contributed by atoms with Crippen molar-refractivity contribution < 1.29 is 14.4 Å². The molecular formula is C23H35N2O2+. The first kappa shape index (κ1) is 18.9. The SMILES string of the molecule is CC12CCCC[C@@]1(O)[C@H]([N+](C)(C)CC1CCC1)Cc1ccc(C(N)=O)cc12. The van der Waals surface area contributed by atoms with Crippen molar-refractivity contribution in [2.45, 2.75) is 75.3 Å². The van der Waals surface area contributed by atoms with Crippen LogP contribution in [0, 0.1) is 5.92 Å². The maximum Gasteiger partial charge on any atom is 0.248 e. The lowest BCUT2D eigenvalue weighted by atomic mass is 9.53. The number of primary amides is 1. The van der Waals surface area contributed by atoms with E-state index in [0.717, 1.165) is 54.6 Å². The van der Waals surface area contributed by atoms with E-state index in [2.05, 4.69) is 27.1 Å². The molecule has 0 heterocycles. The van der Waals surface area contributed by atoms with Crippen LogP contribution in [0.25, 0.3) is 0 Å². The van der Waals surface area contributed by atoms with E-state index in [9.17, 15) is 9.90 Å².